The summed E-state index contributed by atoms with van der Waals surface area (Å²) in [6.07, 6.45) is 4.17. The lowest BCUT2D eigenvalue weighted by Gasteiger charge is -2.18. The van der Waals surface area contributed by atoms with E-state index in [4.69, 9.17) is 5.84 Å². The minimum atomic E-state index is -0.0691. The first-order chi connectivity index (χ1) is 10.1. The maximum absolute atomic E-state index is 12.5. The Morgan fingerprint density at radius 3 is 2.67 bits per heavy atom. The average Bonchev–Trinajstić information content (AvgIpc) is 2.54. The molecule has 0 saturated heterocycles. The number of anilines is 1. The molecule has 0 saturated carbocycles. The zero-order valence-corrected chi connectivity index (χ0v) is 12.2. The first-order valence-corrected chi connectivity index (χ1v) is 6.76. The highest BCUT2D eigenvalue weighted by atomic mass is 16.2. The van der Waals surface area contributed by atoms with Crippen molar-refractivity contribution >= 4 is 11.7 Å². The number of hydrogen-bond donors (Lipinski definition) is 2. The Balaban J connectivity index is 2.19. The molecule has 0 aromatic carbocycles. The van der Waals surface area contributed by atoms with Gasteiger partial charge in [-0.05, 0) is 36.2 Å². The molecule has 0 bridgehead atoms. The molecule has 110 valence electrons. The fourth-order valence-electron chi connectivity index (χ4n) is 2.02. The number of nitrogens with one attached hydrogen (secondary N) is 1. The molecule has 0 aliphatic rings. The molecule has 0 unspecified atom stereocenters. The Morgan fingerprint density at radius 2 is 2.05 bits per heavy atom. The molecule has 3 N–H and O–H groups in total. The van der Waals surface area contributed by atoms with Gasteiger partial charge in [0.05, 0.1) is 0 Å². The number of nitrogen functional groups attached to an aromatic ring is 1. The number of carbonyl (C=O) groups excluding carboxylic acids is 1. The summed E-state index contributed by atoms with van der Waals surface area (Å²) in [4.78, 5) is 22.4. The molecule has 0 aliphatic heterocycles. The van der Waals surface area contributed by atoms with Crippen LogP contribution in [0.2, 0.25) is 0 Å². The van der Waals surface area contributed by atoms with Crippen LogP contribution >= 0.6 is 0 Å². The van der Waals surface area contributed by atoms with Crippen LogP contribution in [0.1, 0.15) is 28.5 Å². The molecule has 0 radical (unpaired) electrons. The van der Waals surface area contributed by atoms with Crippen LogP contribution in [0, 0.1) is 0 Å². The molecule has 2 aromatic rings. The van der Waals surface area contributed by atoms with Crippen molar-refractivity contribution in [1.82, 2.24) is 14.9 Å². The Morgan fingerprint density at radius 1 is 1.33 bits per heavy atom. The molecular formula is C15H19N5O. The second kappa shape index (κ2) is 6.81. The lowest BCUT2D eigenvalue weighted by atomic mass is 10.1. The fraction of sp³-hybridized carbons (Fsp3) is 0.267. The molecule has 0 fully saturated rings. The van der Waals surface area contributed by atoms with Crippen LogP contribution < -0.4 is 11.3 Å². The Kier molecular flexibility index (Phi) is 4.84. The van der Waals surface area contributed by atoms with Crippen LogP contribution in [-0.2, 0) is 13.0 Å². The number of aryl methyl sites for hydroxylation is 1. The first-order valence-electron chi connectivity index (χ1n) is 6.76. The summed E-state index contributed by atoms with van der Waals surface area (Å²) in [5.41, 5.74) is 4.93. The molecule has 2 rings (SSSR count). The molecule has 0 atom stereocenters. The van der Waals surface area contributed by atoms with E-state index in [2.05, 4.69) is 15.4 Å². The van der Waals surface area contributed by atoms with Crippen molar-refractivity contribution < 1.29 is 4.79 Å². The maximum Gasteiger partial charge on any atom is 0.254 e. The van der Waals surface area contributed by atoms with E-state index in [9.17, 15) is 4.79 Å². The van der Waals surface area contributed by atoms with Crippen LogP contribution in [0.5, 0.6) is 0 Å². The zero-order chi connectivity index (χ0) is 15.2. The van der Waals surface area contributed by atoms with Gasteiger partial charge in [0.1, 0.15) is 5.82 Å². The number of rotatable bonds is 5. The van der Waals surface area contributed by atoms with Crippen LogP contribution in [-0.4, -0.2) is 27.8 Å². The van der Waals surface area contributed by atoms with Crippen molar-refractivity contribution in [2.45, 2.75) is 19.9 Å². The molecule has 21 heavy (non-hydrogen) atoms. The van der Waals surface area contributed by atoms with E-state index in [1.165, 1.54) is 0 Å². The van der Waals surface area contributed by atoms with E-state index in [-0.39, 0.29) is 5.91 Å². The zero-order valence-electron chi connectivity index (χ0n) is 12.2. The highest BCUT2D eigenvalue weighted by Crippen LogP contribution is 2.13. The molecule has 1 amide bonds. The second-order valence-electron chi connectivity index (χ2n) is 4.75. The quantitative estimate of drug-likeness (QED) is 0.644. The molecule has 0 spiro atoms. The van der Waals surface area contributed by atoms with Gasteiger partial charge < -0.3 is 10.3 Å². The summed E-state index contributed by atoms with van der Waals surface area (Å²) in [5.74, 6) is 5.82. The lowest BCUT2D eigenvalue weighted by molar-refractivity contribution is 0.0785. The smallest absolute Gasteiger partial charge is 0.254 e. The van der Waals surface area contributed by atoms with Crippen molar-refractivity contribution in [3.05, 3.63) is 53.5 Å². The third-order valence-corrected chi connectivity index (χ3v) is 3.15. The molecular weight excluding hydrogens is 266 g/mol. The molecule has 2 heterocycles. The fourth-order valence-corrected chi connectivity index (χ4v) is 2.02. The van der Waals surface area contributed by atoms with Gasteiger partial charge >= 0.3 is 0 Å². The number of nitrogens with zero attached hydrogens (tertiary/aromatic N) is 3. The van der Waals surface area contributed by atoms with E-state index >= 15 is 0 Å². The van der Waals surface area contributed by atoms with Crippen LogP contribution in [0.4, 0.5) is 5.82 Å². The third kappa shape index (κ3) is 3.76. The predicted molar refractivity (Wildman–Crippen MR) is 81.5 cm³/mol. The Hall–Kier alpha value is -2.47. The van der Waals surface area contributed by atoms with Crippen molar-refractivity contribution in [1.29, 1.82) is 0 Å². The van der Waals surface area contributed by atoms with Gasteiger partial charge in [0, 0.05) is 37.2 Å². The van der Waals surface area contributed by atoms with Crippen molar-refractivity contribution in [3.8, 4) is 0 Å². The highest BCUT2D eigenvalue weighted by molar-refractivity contribution is 5.94. The molecule has 0 aliphatic carbocycles. The van der Waals surface area contributed by atoms with Gasteiger partial charge in [0.15, 0.2) is 0 Å². The largest absolute Gasteiger partial charge is 0.337 e. The van der Waals surface area contributed by atoms with E-state index in [1.54, 1.807) is 36.5 Å². The minimum absolute atomic E-state index is 0.0691. The van der Waals surface area contributed by atoms with Gasteiger partial charge in [-0.15, -0.1) is 0 Å². The lowest BCUT2D eigenvalue weighted by Crippen LogP contribution is -2.26. The van der Waals surface area contributed by atoms with Crippen LogP contribution in [0.3, 0.4) is 0 Å². The van der Waals surface area contributed by atoms with E-state index in [0.717, 1.165) is 17.7 Å². The topological polar surface area (TPSA) is 84.1 Å². The van der Waals surface area contributed by atoms with Gasteiger partial charge in [-0.25, -0.2) is 10.8 Å². The van der Waals surface area contributed by atoms with Gasteiger partial charge in [0.2, 0.25) is 0 Å². The molecule has 6 heteroatoms. The summed E-state index contributed by atoms with van der Waals surface area (Å²) in [5, 5.41) is 0. The predicted octanol–water partition coefficient (Wildman–Crippen LogP) is 1.60. The minimum Gasteiger partial charge on any atom is -0.337 e. The Bertz CT molecular complexity index is 592. The summed E-state index contributed by atoms with van der Waals surface area (Å²) >= 11 is 0. The first kappa shape index (κ1) is 14.9. The molecule has 6 nitrogen and oxygen atoms in total. The summed E-state index contributed by atoms with van der Waals surface area (Å²) in [7, 11) is 1.77. The highest BCUT2D eigenvalue weighted by Gasteiger charge is 2.14. The van der Waals surface area contributed by atoms with E-state index in [0.29, 0.717) is 17.9 Å². The maximum atomic E-state index is 12.5. The number of nitrogens with two attached hydrogens (primary N) is 1. The second-order valence-corrected chi connectivity index (χ2v) is 4.75. The van der Waals surface area contributed by atoms with Gasteiger partial charge in [-0.1, -0.05) is 6.92 Å². The van der Waals surface area contributed by atoms with Gasteiger partial charge in [-0.3, -0.25) is 9.78 Å². The Labute approximate surface area is 124 Å². The van der Waals surface area contributed by atoms with E-state index in [1.807, 2.05) is 19.1 Å². The number of aromatic nitrogens is 2. The van der Waals surface area contributed by atoms with Crippen molar-refractivity contribution in [2.75, 3.05) is 12.5 Å². The number of pyridine rings is 2. The monoisotopic (exact) mass is 285 g/mol. The van der Waals surface area contributed by atoms with Crippen LogP contribution in [0.25, 0.3) is 0 Å². The normalized spacial score (nSPS) is 10.2. The van der Waals surface area contributed by atoms with E-state index < -0.39 is 0 Å². The SMILES string of the molecule is CCc1cc(C(=O)N(C)Cc2ccncc2)cc(NN)n1. The standard InChI is InChI=1S/C15H19N5O/c1-3-13-8-12(9-14(18-13)19-16)15(21)20(2)10-11-4-6-17-7-5-11/h4-9H,3,10,16H2,1-2H3,(H,18,19). The van der Waals surface area contributed by atoms with Crippen molar-refractivity contribution in [2.24, 2.45) is 5.84 Å². The number of amides is 1. The molecule has 2 aromatic heterocycles. The number of carbonyl (C=O) groups is 1. The van der Waals surface area contributed by atoms with Crippen LogP contribution in [0.15, 0.2) is 36.7 Å². The average molecular weight is 285 g/mol. The van der Waals surface area contributed by atoms with Gasteiger partial charge in [-0.2, -0.15) is 0 Å². The summed E-state index contributed by atoms with van der Waals surface area (Å²) in [6.45, 7) is 2.51. The summed E-state index contributed by atoms with van der Waals surface area (Å²) in [6, 6.07) is 7.23. The van der Waals surface area contributed by atoms with Gasteiger partial charge in [0.25, 0.3) is 5.91 Å². The third-order valence-electron chi connectivity index (χ3n) is 3.15. The van der Waals surface area contributed by atoms with Crippen molar-refractivity contribution in [3.63, 3.8) is 0 Å². The number of hydrogen-bond acceptors (Lipinski definition) is 5. The number of hydrazine groups is 1. The summed E-state index contributed by atoms with van der Waals surface area (Å²) < 4.78 is 0.